The third-order valence-corrected chi connectivity index (χ3v) is 5.54. The minimum Gasteiger partial charge on any atom is -0.365 e. The van der Waals surface area contributed by atoms with Gasteiger partial charge in [0.2, 0.25) is 0 Å². The van der Waals surface area contributed by atoms with Gasteiger partial charge in [0, 0.05) is 28.7 Å². The number of benzene rings is 1. The molecule has 0 unspecified atom stereocenters. The van der Waals surface area contributed by atoms with E-state index in [2.05, 4.69) is 22.5 Å². The molecule has 1 aliphatic rings. The van der Waals surface area contributed by atoms with Gasteiger partial charge in [-0.1, -0.05) is 18.5 Å². The van der Waals surface area contributed by atoms with Gasteiger partial charge in [-0.05, 0) is 42.8 Å². The van der Waals surface area contributed by atoms with E-state index in [0.717, 1.165) is 36.5 Å². The summed E-state index contributed by atoms with van der Waals surface area (Å²) in [5, 5.41) is 6.57. The van der Waals surface area contributed by atoms with Crippen molar-refractivity contribution in [2.24, 2.45) is 5.73 Å². The number of nitrogens with zero attached hydrogens (tertiary/aromatic N) is 1. The number of rotatable bonds is 4. The van der Waals surface area contributed by atoms with Crippen LogP contribution in [-0.4, -0.2) is 29.9 Å². The van der Waals surface area contributed by atoms with E-state index in [-0.39, 0.29) is 12.4 Å². The molecule has 0 atom stereocenters. The van der Waals surface area contributed by atoms with Gasteiger partial charge in [0.1, 0.15) is 5.00 Å². The van der Waals surface area contributed by atoms with Crippen LogP contribution in [-0.2, 0) is 13.0 Å². The lowest BCUT2D eigenvalue weighted by atomic mass is 10.0. The number of halogens is 2. The minimum atomic E-state index is -0.510. The largest absolute Gasteiger partial charge is 0.365 e. The van der Waals surface area contributed by atoms with Gasteiger partial charge in [-0.25, -0.2) is 4.79 Å². The molecule has 140 valence electrons. The summed E-state index contributed by atoms with van der Waals surface area (Å²) >= 11 is 7.25. The first-order valence-electron chi connectivity index (χ1n) is 7.98. The summed E-state index contributed by atoms with van der Waals surface area (Å²) < 4.78 is 0. The monoisotopic (exact) mass is 414 g/mol. The molecule has 0 spiro atoms. The maximum absolute atomic E-state index is 12.3. The average molecular weight is 415 g/mol. The topological polar surface area (TPSA) is 87.5 Å². The number of carbonyl (C=O) groups is 2. The number of amides is 3. The summed E-state index contributed by atoms with van der Waals surface area (Å²) in [5.41, 5.74) is 7.57. The molecule has 6 nitrogen and oxygen atoms in total. The van der Waals surface area contributed by atoms with Crippen molar-refractivity contribution < 1.29 is 9.59 Å². The van der Waals surface area contributed by atoms with Crippen molar-refractivity contribution in [3.05, 3.63) is 45.3 Å². The standard InChI is InChI=1S/C17H19ClN4O2S.ClH/c1-2-22-8-7-12-13(9-22)25-16(14(12)15(19)23)21-17(24)20-11-5-3-10(18)4-6-11;/h3-6H,2,7-9H2,1H3,(H2,19,23)(H2,20,21,24);1H. The van der Waals surface area contributed by atoms with E-state index in [1.807, 2.05) is 0 Å². The van der Waals surface area contributed by atoms with Crippen molar-refractivity contribution in [3.63, 3.8) is 0 Å². The van der Waals surface area contributed by atoms with Crippen LogP contribution in [0.1, 0.15) is 27.7 Å². The van der Waals surface area contributed by atoms with Gasteiger partial charge in [-0.2, -0.15) is 0 Å². The van der Waals surface area contributed by atoms with Gasteiger partial charge in [0.25, 0.3) is 5.91 Å². The first-order chi connectivity index (χ1) is 12.0. The van der Waals surface area contributed by atoms with Crippen LogP contribution in [0.25, 0.3) is 0 Å². The molecule has 0 aliphatic carbocycles. The molecule has 0 fully saturated rings. The van der Waals surface area contributed by atoms with Crippen LogP contribution < -0.4 is 16.4 Å². The van der Waals surface area contributed by atoms with Crippen LogP contribution in [0.5, 0.6) is 0 Å². The molecule has 9 heteroatoms. The summed E-state index contributed by atoms with van der Waals surface area (Å²) in [7, 11) is 0. The Morgan fingerprint density at radius 2 is 1.96 bits per heavy atom. The van der Waals surface area contributed by atoms with Gasteiger partial charge < -0.3 is 11.1 Å². The van der Waals surface area contributed by atoms with Crippen molar-refractivity contribution >= 4 is 58.0 Å². The van der Waals surface area contributed by atoms with Crippen molar-refractivity contribution in [2.75, 3.05) is 23.7 Å². The Balaban J connectivity index is 0.00000243. The van der Waals surface area contributed by atoms with Crippen molar-refractivity contribution in [3.8, 4) is 0 Å². The Morgan fingerprint density at radius 1 is 1.27 bits per heavy atom. The van der Waals surface area contributed by atoms with E-state index in [9.17, 15) is 9.59 Å². The number of primary amides is 1. The van der Waals surface area contributed by atoms with Gasteiger partial charge >= 0.3 is 6.03 Å². The number of hydrogen-bond donors (Lipinski definition) is 3. The van der Waals surface area contributed by atoms with Crippen LogP contribution in [0.15, 0.2) is 24.3 Å². The highest BCUT2D eigenvalue weighted by molar-refractivity contribution is 7.17. The highest BCUT2D eigenvalue weighted by atomic mass is 35.5. The summed E-state index contributed by atoms with van der Waals surface area (Å²) in [6.07, 6.45) is 0.762. The molecule has 0 saturated carbocycles. The van der Waals surface area contributed by atoms with Gasteiger partial charge in [-0.3, -0.25) is 15.0 Å². The molecule has 0 radical (unpaired) electrons. The number of nitrogens with one attached hydrogen (secondary N) is 2. The molecule has 0 bridgehead atoms. The van der Waals surface area contributed by atoms with Gasteiger partial charge in [0.05, 0.1) is 5.56 Å². The van der Waals surface area contributed by atoms with Crippen LogP contribution in [0.3, 0.4) is 0 Å². The number of likely N-dealkylation sites (N-methyl/N-ethyl adjacent to an activating group) is 1. The van der Waals surface area contributed by atoms with E-state index in [1.54, 1.807) is 24.3 Å². The van der Waals surface area contributed by atoms with E-state index < -0.39 is 11.9 Å². The third kappa shape index (κ3) is 4.48. The molecule has 3 amide bonds. The fourth-order valence-electron chi connectivity index (χ4n) is 2.87. The Kier molecular flexibility index (Phi) is 6.88. The Bertz CT molecular complexity index is 808. The number of hydrogen-bond acceptors (Lipinski definition) is 4. The fourth-order valence-corrected chi connectivity index (χ4v) is 4.29. The number of fused-ring (bicyclic) bond motifs is 1. The van der Waals surface area contributed by atoms with E-state index in [1.165, 1.54) is 11.3 Å². The predicted molar refractivity (Wildman–Crippen MR) is 109 cm³/mol. The van der Waals surface area contributed by atoms with Crippen molar-refractivity contribution in [1.82, 2.24) is 4.90 Å². The molecule has 2 heterocycles. The first-order valence-corrected chi connectivity index (χ1v) is 9.17. The minimum absolute atomic E-state index is 0. The second kappa shape index (κ2) is 8.73. The number of nitrogens with two attached hydrogens (primary N) is 1. The van der Waals surface area contributed by atoms with Gasteiger partial charge in [0.15, 0.2) is 0 Å². The van der Waals surface area contributed by atoms with Crippen LogP contribution in [0.2, 0.25) is 5.02 Å². The van der Waals surface area contributed by atoms with Crippen LogP contribution >= 0.6 is 35.3 Å². The molecule has 1 aromatic carbocycles. The second-order valence-corrected chi connectivity index (χ2v) is 7.32. The lowest BCUT2D eigenvalue weighted by Gasteiger charge is -2.25. The summed E-state index contributed by atoms with van der Waals surface area (Å²) in [4.78, 5) is 27.6. The van der Waals surface area contributed by atoms with E-state index in [4.69, 9.17) is 17.3 Å². The molecule has 4 N–H and O–H groups in total. The van der Waals surface area contributed by atoms with E-state index >= 15 is 0 Å². The first kappa shape index (κ1) is 20.5. The molecule has 2 aromatic rings. The zero-order chi connectivity index (χ0) is 18.0. The smallest absolute Gasteiger partial charge is 0.324 e. The Morgan fingerprint density at radius 3 is 2.58 bits per heavy atom. The lowest BCUT2D eigenvalue weighted by Crippen LogP contribution is -2.30. The Hall–Kier alpha value is -1.80. The highest BCUT2D eigenvalue weighted by Crippen LogP contribution is 2.36. The number of thiophene rings is 1. The summed E-state index contributed by atoms with van der Waals surface area (Å²) in [5.74, 6) is -0.510. The molecule has 1 aliphatic heterocycles. The zero-order valence-corrected chi connectivity index (χ0v) is 16.6. The van der Waals surface area contributed by atoms with E-state index in [0.29, 0.717) is 21.3 Å². The molecular weight excluding hydrogens is 395 g/mol. The molecule has 0 saturated heterocycles. The fraction of sp³-hybridized carbons (Fsp3) is 0.294. The van der Waals surface area contributed by atoms with Crippen LogP contribution in [0, 0.1) is 0 Å². The van der Waals surface area contributed by atoms with Crippen molar-refractivity contribution in [2.45, 2.75) is 19.9 Å². The maximum Gasteiger partial charge on any atom is 0.324 e. The SMILES string of the molecule is CCN1CCc2c(sc(NC(=O)Nc3ccc(Cl)cc3)c2C(N)=O)C1.Cl. The molecular formula is C17H20Cl2N4O2S. The maximum atomic E-state index is 12.3. The Labute approximate surface area is 167 Å². The highest BCUT2D eigenvalue weighted by Gasteiger charge is 2.27. The second-order valence-electron chi connectivity index (χ2n) is 5.78. The summed E-state index contributed by atoms with van der Waals surface area (Å²) in [6.45, 7) is 4.71. The normalized spacial score (nSPS) is 13.5. The number of carbonyl (C=O) groups excluding carboxylic acids is 2. The predicted octanol–water partition coefficient (Wildman–Crippen LogP) is 3.94. The number of urea groups is 1. The molecule has 3 rings (SSSR count). The molecule has 26 heavy (non-hydrogen) atoms. The lowest BCUT2D eigenvalue weighted by molar-refractivity contribution is 0.1000. The quantitative estimate of drug-likeness (QED) is 0.707. The molecule has 1 aromatic heterocycles. The van der Waals surface area contributed by atoms with Crippen LogP contribution in [0.4, 0.5) is 15.5 Å². The average Bonchev–Trinajstić information content (AvgIpc) is 2.93. The van der Waals surface area contributed by atoms with Gasteiger partial charge in [-0.15, -0.1) is 23.7 Å². The van der Waals surface area contributed by atoms with Crippen molar-refractivity contribution in [1.29, 1.82) is 0 Å². The number of anilines is 2. The zero-order valence-electron chi connectivity index (χ0n) is 14.2. The third-order valence-electron chi connectivity index (χ3n) is 4.16. The summed E-state index contributed by atoms with van der Waals surface area (Å²) in [6, 6.07) is 6.37.